The quantitative estimate of drug-likeness (QED) is 0.528. The zero-order chi connectivity index (χ0) is 17.9. The zero-order valence-electron chi connectivity index (χ0n) is 14.9. The second kappa shape index (κ2) is 10.5. The van der Waals surface area contributed by atoms with Crippen LogP contribution in [0.3, 0.4) is 0 Å². The molecule has 2 aromatic rings. The summed E-state index contributed by atoms with van der Waals surface area (Å²) in [5.74, 6) is -0.358. The van der Waals surface area contributed by atoms with Crippen LogP contribution in [0.4, 0.5) is 0 Å². The SMILES string of the molecule is CCCN(CCNCc1ccccn1)Cc1ccc(C(=O)OC)cn1. The fourth-order valence-electron chi connectivity index (χ4n) is 2.53. The molecular formula is C19H26N4O2. The van der Waals surface area contributed by atoms with Gasteiger partial charge in [-0.15, -0.1) is 0 Å². The number of ether oxygens (including phenoxy) is 1. The zero-order valence-corrected chi connectivity index (χ0v) is 14.9. The molecule has 0 bridgehead atoms. The molecular weight excluding hydrogens is 316 g/mol. The minimum atomic E-state index is -0.358. The molecule has 6 nitrogen and oxygen atoms in total. The van der Waals surface area contributed by atoms with E-state index in [1.54, 1.807) is 12.3 Å². The van der Waals surface area contributed by atoms with E-state index < -0.39 is 0 Å². The maximum absolute atomic E-state index is 11.5. The van der Waals surface area contributed by atoms with Gasteiger partial charge < -0.3 is 10.1 Å². The predicted octanol–water partition coefficient (Wildman–Crippen LogP) is 2.27. The van der Waals surface area contributed by atoms with Gasteiger partial charge in [0.1, 0.15) is 0 Å². The third kappa shape index (κ3) is 6.60. The van der Waals surface area contributed by atoms with Gasteiger partial charge in [0.15, 0.2) is 0 Å². The van der Waals surface area contributed by atoms with Gasteiger partial charge in [-0.1, -0.05) is 13.0 Å². The minimum Gasteiger partial charge on any atom is -0.465 e. The Labute approximate surface area is 149 Å². The largest absolute Gasteiger partial charge is 0.465 e. The Balaban J connectivity index is 1.80. The molecule has 134 valence electrons. The molecule has 0 radical (unpaired) electrons. The molecule has 25 heavy (non-hydrogen) atoms. The number of methoxy groups -OCH3 is 1. The number of pyridine rings is 2. The minimum absolute atomic E-state index is 0.358. The van der Waals surface area contributed by atoms with E-state index in [4.69, 9.17) is 4.74 Å². The van der Waals surface area contributed by atoms with Crippen molar-refractivity contribution in [1.82, 2.24) is 20.2 Å². The normalized spacial score (nSPS) is 10.8. The lowest BCUT2D eigenvalue weighted by molar-refractivity contribution is 0.0600. The molecule has 0 aliphatic rings. The van der Waals surface area contributed by atoms with Gasteiger partial charge in [0.25, 0.3) is 0 Å². The van der Waals surface area contributed by atoms with Crippen molar-refractivity contribution in [3.63, 3.8) is 0 Å². The average Bonchev–Trinajstić information content (AvgIpc) is 2.66. The second-order valence-corrected chi connectivity index (χ2v) is 5.80. The van der Waals surface area contributed by atoms with E-state index in [0.717, 1.165) is 50.5 Å². The molecule has 0 aromatic carbocycles. The number of carbonyl (C=O) groups excluding carboxylic acids is 1. The highest BCUT2D eigenvalue weighted by molar-refractivity contribution is 5.88. The summed E-state index contributed by atoms with van der Waals surface area (Å²) in [7, 11) is 1.37. The van der Waals surface area contributed by atoms with Crippen molar-refractivity contribution in [1.29, 1.82) is 0 Å². The van der Waals surface area contributed by atoms with Crippen molar-refractivity contribution in [3.8, 4) is 0 Å². The van der Waals surface area contributed by atoms with Crippen LogP contribution in [0, 0.1) is 0 Å². The Morgan fingerprint density at radius 3 is 2.68 bits per heavy atom. The van der Waals surface area contributed by atoms with Crippen LogP contribution in [0.15, 0.2) is 42.7 Å². The van der Waals surface area contributed by atoms with Gasteiger partial charge in [-0.25, -0.2) is 4.79 Å². The summed E-state index contributed by atoms with van der Waals surface area (Å²) in [5, 5.41) is 3.42. The van der Waals surface area contributed by atoms with Crippen molar-refractivity contribution in [2.75, 3.05) is 26.7 Å². The summed E-state index contributed by atoms with van der Waals surface area (Å²) in [6.45, 7) is 6.53. The van der Waals surface area contributed by atoms with Crippen LogP contribution < -0.4 is 5.32 Å². The van der Waals surface area contributed by atoms with Crippen molar-refractivity contribution < 1.29 is 9.53 Å². The number of nitrogens with zero attached hydrogens (tertiary/aromatic N) is 3. The lowest BCUT2D eigenvalue weighted by Gasteiger charge is -2.21. The first-order valence-electron chi connectivity index (χ1n) is 8.59. The summed E-state index contributed by atoms with van der Waals surface area (Å²) in [5.41, 5.74) is 2.47. The number of carbonyl (C=O) groups is 1. The van der Waals surface area contributed by atoms with E-state index in [1.807, 2.05) is 30.5 Å². The molecule has 2 aromatic heterocycles. The van der Waals surface area contributed by atoms with Crippen molar-refractivity contribution in [2.24, 2.45) is 0 Å². The van der Waals surface area contributed by atoms with Crippen molar-refractivity contribution in [2.45, 2.75) is 26.4 Å². The maximum atomic E-state index is 11.5. The summed E-state index contributed by atoms with van der Waals surface area (Å²) in [4.78, 5) is 22.5. The number of esters is 1. The molecule has 2 heterocycles. The lowest BCUT2D eigenvalue weighted by Crippen LogP contribution is -2.32. The molecule has 0 aliphatic heterocycles. The Bertz CT molecular complexity index is 632. The fraction of sp³-hybridized carbons (Fsp3) is 0.421. The monoisotopic (exact) mass is 342 g/mol. The summed E-state index contributed by atoms with van der Waals surface area (Å²) in [6, 6.07) is 9.58. The van der Waals surface area contributed by atoms with Crippen LogP contribution in [0.25, 0.3) is 0 Å². The van der Waals surface area contributed by atoms with Crippen LogP contribution >= 0.6 is 0 Å². The van der Waals surface area contributed by atoms with Crippen LogP contribution in [0.1, 0.15) is 35.1 Å². The number of hydrogen-bond donors (Lipinski definition) is 1. The number of nitrogens with one attached hydrogen (secondary N) is 1. The van der Waals surface area contributed by atoms with E-state index in [-0.39, 0.29) is 5.97 Å². The van der Waals surface area contributed by atoms with Gasteiger partial charge in [-0.05, 0) is 37.2 Å². The molecule has 0 unspecified atom stereocenters. The molecule has 1 N–H and O–H groups in total. The Morgan fingerprint density at radius 1 is 1.16 bits per heavy atom. The van der Waals surface area contributed by atoms with E-state index in [1.165, 1.54) is 7.11 Å². The van der Waals surface area contributed by atoms with Crippen molar-refractivity contribution in [3.05, 3.63) is 59.7 Å². The molecule has 0 aliphatic carbocycles. The van der Waals surface area contributed by atoms with E-state index in [9.17, 15) is 4.79 Å². The van der Waals surface area contributed by atoms with Crippen molar-refractivity contribution >= 4 is 5.97 Å². The highest BCUT2D eigenvalue weighted by Crippen LogP contribution is 2.06. The van der Waals surface area contributed by atoms with Crippen LogP contribution in [-0.4, -0.2) is 47.6 Å². The van der Waals surface area contributed by atoms with Gasteiger partial charge >= 0.3 is 5.97 Å². The number of aromatic nitrogens is 2. The number of hydrogen-bond acceptors (Lipinski definition) is 6. The molecule has 0 atom stereocenters. The predicted molar refractivity (Wildman–Crippen MR) is 97.1 cm³/mol. The highest BCUT2D eigenvalue weighted by atomic mass is 16.5. The second-order valence-electron chi connectivity index (χ2n) is 5.80. The summed E-state index contributed by atoms with van der Waals surface area (Å²) in [6.07, 6.45) is 4.47. The Morgan fingerprint density at radius 2 is 2.04 bits per heavy atom. The Hall–Kier alpha value is -2.31. The number of rotatable bonds is 10. The standard InChI is InChI=1S/C19H26N4O2/c1-3-11-23(12-10-20-14-17-6-4-5-9-21-17)15-18-8-7-16(13-22-18)19(24)25-2/h4-9,13,20H,3,10-12,14-15H2,1-2H3. The van der Waals surface area contributed by atoms with Crippen LogP contribution in [0.5, 0.6) is 0 Å². The Kier molecular flexibility index (Phi) is 8.01. The van der Waals surface area contributed by atoms with E-state index in [0.29, 0.717) is 5.56 Å². The first-order valence-corrected chi connectivity index (χ1v) is 8.59. The van der Waals surface area contributed by atoms with Gasteiger partial charge in [0.05, 0.1) is 24.1 Å². The molecule has 2 rings (SSSR count). The topological polar surface area (TPSA) is 67.4 Å². The highest BCUT2D eigenvalue weighted by Gasteiger charge is 2.09. The molecule has 0 amide bonds. The molecule has 0 saturated carbocycles. The lowest BCUT2D eigenvalue weighted by atomic mass is 10.2. The maximum Gasteiger partial charge on any atom is 0.339 e. The van der Waals surface area contributed by atoms with Crippen LogP contribution in [0.2, 0.25) is 0 Å². The third-order valence-electron chi connectivity index (χ3n) is 3.81. The fourth-order valence-corrected chi connectivity index (χ4v) is 2.53. The van der Waals surface area contributed by atoms with Gasteiger partial charge in [0.2, 0.25) is 0 Å². The first-order chi connectivity index (χ1) is 12.2. The van der Waals surface area contributed by atoms with Gasteiger partial charge in [-0.3, -0.25) is 14.9 Å². The van der Waals surface area contributed by atoms with E-state index >= 15 is 0 Å². The molecule has 0 fully saturated rings. The third-order valence-corrected chi connectivity index (χ3v) is 3.81. The molecule has 0 spiro atoms. The summed E-state index contributed by atoms with van der Waals surface area (Å²) < 4.78 is 4.70. The molecule has 6 heteroatoms. The molecule has 0 saturated heterocycles. The first kappa shape index (κ1) is 19.0. The summed E-state index contributed by atoms with van der Waals surface area (Å²) >= 11 is 0. The van der Waals surface area contributed by atoms with E-state index in [2.05, 4.69) is 27.1 Å². The smallest absolute Gasteiger partial charge is 0.339 e. The van der Waals surface area contributed by atoms with Gasteiger partial charge in [0, 0.05) is 38.6 Å². The van der Waals surface area contributed by atoms with Gasteiger partial charge in [-0.2, -0.15) is 0 Å². The van der Waals surface area contributed by atoms with Crippen LogP contribution in [-0.2, 0) is 17.8 Å². The average molecular weight is 342 g/mol.